The molecule has 0 aliphatic rings. The Morgan fingerprint density at radius 3 is 2.62 bits per heavy atom. The maximum atomic E-state index is 5.18. The second kappa shape index (κ2) is 5.41. The van der Waals surface area contributed by atoms with Crippen LogP contribution in [-0.4, -0.2) is 18.4 Å². The van der Waals surface area contributed by atoms with Gasteiger partial charge in [-0.2, -0.15) is 0 Å². The summed E-state index contributed by atoms with van der Waals surface area (Å²) in [6.07, 6.45) is 0. The fraction of sp³-hybridized carbons (Fsp3) is 1.00. The number of hydrogen-bond donors (Lipinski definition) is 1. The molecular formula is C5H13NOS. The molecule has 2 nitrogen and oxygen atoms in total. The Hall–Kier alpha value is 0.270. The van der Waals surface area contributed by atoms with Crippen molar-refractivity contribution in [3.05, 3.63) is 0 Å². The Balaban J connectivity index is 2.72. The second-order valence-corrected chi connectivity index (χ2v) is 3.13. The highest BCUT2D eigenvalue weighted by molar-refractivity contribution is 7.95. The van der Waals surface area contributed by atoms with Crippen LogP contribution in [0.15, 0.2) is 0 Å². The van der Waals surface area contributed by atoms with Gasteiger partial charge in [0.05, 0.1) is 6.61 Å². The van der Waals surface area contributed by atoms with E-state index in [4.69, 9.17) is 9.92 Å². The van der Waals surface area contributed by atoms with Crippen molar-refractivity contribution in [1.29, 1.82) is 0 Å². The van der Waals surface area contributed by atoms with Crippen LogP contribution in [0.2, 0.25) is 0 Å². The van der Waals surface area contributed by atoms with Crippen molar-refractivity contribution in [2.45, 2.75) is 19.1 Å². The van der Waals surface area contributed by atoms with E-state index < -0.39 is 0 Å². The highest BCUT2D eigenvalue weighted by atomic mass is 32.2. The van der Waals surface area contributed by atoms with Crippen LogP contribution in [0.3, 0.4) is 0 Å². The van der Waals surface area contributed by atoms with Crippen molar-refractivity contribution in [3.63, 3.8) is 0 Å². The highest BCUT2D eigenvalue weighted by Crippen LogP contribution is 2.08. The molecular weight excluding hydrogens is 122 g/mol. The Bertz CT molecular complexity index is 49.7. The zero-order valence-corrected chi connectivity index (χ0v) is 6.20. The number of rotatable bonds is 4. The molecule has 50 valence electrons. The van der Waals surface area contributed by atoms with E-state index in [2.05, 4.69) is 13.8 Å². The average molecular weight is 135 g/mol. The summed E-state index contributed by atoms with van der Waals surface area (Å²) in [7, 11) is 0. The van der Waals surface area contributed by atoms with Crippen molar-refractivity contribution in [1.82, 2.24) is 0 Å². The van der Waals surface area contributed by atoms with Gasteiger partial charge in [0.2, 0.25) is 0 Å². The van der Waals surface area contributed by atoms with E-state index in [-0.39, 0.29) is 0 Å². The predicted octanol–water partition coefficient (Wildman–Crippen LogP) is 1.02. The van der Waals surface area contributed by atoms with Gasteiger partial charge in [-0.3, -0.25) is 0 Å². The summed E-state index contributed by atoms with van der Waals surface area (Å²) in [5.74, 6) is 0. The van der Waals surface area contributed by atoms with Crippen LogP contribution in [0.4, 0.5) is 0 Å². The fourth-order valence-electron chi connectivity index (χ4n) is 0.232. The maximum absolute atomic E-state index is 5.18. The molecule has 0 aromatic carbocycles. The average Bonchev–Trinajstić information content (AvgIpc) is 1.66. The molecule has 8 heavy (non-hydrogen) atoms. The largest absolute Gasteiger partial charge is 0.328 e. The topological polar surface area (TPSA) is 35.2 Å². The molecule has 0 aliphatic carbocycles. The third-order valence-electron chi connectivity index (χ3n) is 0.462. The lowest BCUT2D eigenvalue weighted by molar-refractivity contribution is 0.384. The van der Waals surface area contributed by atoms with Gasteiger partial charge in [0, 0.05) is 11.8 Å². The lowest BCUT2D eigenvalue weighted by atomic mass is 10.6. The molecule has 0 radical (unpaired) electrons. The molecule has 0 aromatic heterocycles. The van der Waals surface area contributed by atoms with E-state index in [1.807, 2.05) is 0 Å². The first-order valence-corrected chi connectivity index (χ1v) is 3.56. The molecule has 0 amide bonds. The molecule has 0 saturated heterocycles. The standard InChI is InChI=1S/C5H13NOS/c1-5(2)8-7-4-3-6/h5H,3-4,6H2,1-2H3. The van der Waals surface area contributed by atoms with Crippen LogP contribution in [-0.2, 0) is 4.18 Å². The third kappa shape index (κ3) is 6.27. The minimum Gasteiger partial charge on any atom is -0.328 e. The summed E-state index contributed by atoms with van der Waals surface area (Å²) < 4.78 is 5.04. The van der Waals surface area contributed by atoms with Gasteiger partial charge in [-0.1, -0.05) is 13.8 Å². The van der Waals surface area contributed by atoms with E-state index in [1.165, 1.54) is 12.0 Å². The van der Waals surface area contributed by atoms with Crippen LogP contribution in [0, 0.1) is 0 Å². The molecule has 0 heterocycles. The summed E-state index contributed by atoms with van der Waals surface area (Å²) in [5, 5.41) is 0.543. The fourth-order valence-corrected chi connectivity index (χ4v) is 0.697. The van der Waals surface area contributed by atoms with Crippen LogP contribution in [0.25, 0.3) is 0 Å². The second-order valence-electron chi connectivity index (χ2n) is 1.76. The summed E-state index contributed by atoms with van der Waals surface area (Å²) in [6, 6.07) is 0. The summed E-state index contributed by atoms with van der Waals surface area (Å²) in [6.45, 7) is 5.44. The number of nitrogens with two attached hydrogens (primary N) is 1. The van der Waals surface area contributed by atoms with Crippen molar-refractivity contribution in [2.75, 3.05) is 13.2 Å². The van der Waals surface area contributed by atoms with Gasteiger partial charge in [0.15, 0.2) is 0 Å². The van der Waals surface area contributed by atoms with E-state index >= 15 is 0 Å². The van der Waals surface area contributed by atoms with E-state index in [0.717, 1.165) is 0 Å². The zero-order chi connectivity index (χ0) is 6.41. The third-order valence-corrected chi connectivity index (χ3v) is 1.15. The SMILES string of the molecule is CC(C)SOCCN. The van der Waals surface area contributed by atoms with Crippen molar-refractivity contribution in [3.8, 4) is 0 Å². The molecule has 0 atom stereocenters. The molecule has 0 rings (SSSR count). The van der Waals surface area contributed by atoms with E-state index in [1.54, 1.807) is 0 Å². The molecule has 0 aliphatic heterocycles. The Morgan fingerprint density at radius 1 is 1.62 bits per heavy atom. The van der Waals surface area contributed by atoms with Crippen molar-refractivity contribution >= 4 is 12.0 Å². The molecule has 3 heteroatoms. The lowest BCUT2D eigenvalue weighted by Crippen LogP contribution is -2.05. The predicted molar refractivity (Wildman–Crippen MR) is 37.7 cm³/mol. The van der Waals surface area contributed by atoms with Crippen LogP contribution in [0.5, 0.6) is 0 Å². The van der Waals surface area contributed by atoms with Gasteiger partial charge in [-0.25, -0.2) is 0 Å². The quantitative estimate of drug-likeness (QED) is 0.461. The molecule has 2 N–H and O–H groups in total. The highest BCUT2D eigenvalue weighted by Gasteiger charge is 1.91. The molecule has 0 spiro atoms. The van der Waals surface area contributed by atoms with Crippen LogP contribution in [0.1, 0.15) is 13.8 Å². The maximum Gasteiger partial charge on any atom is 0.0736 e. The molecule has 0 aromatic rings. The molecule has 0 saturated carbocycles. The minimum absolute atomic E-state index is 0.543. The van der Waals surface area contributed by atoms with Gasteiger partial charge in [-0.05, 0) is 12.0 Å². The number of hydrogen-bond acceptors (Lipinski definition) is 3. The zero-order valence-electron chi connectivity index (χ0n) is 5.39. The van der Waals surface area contributed by atoms with Gasteiger partial charge in [0.25, 0.3) is 0 Å². The van der Waals surface area contributed by atoms with Gasteiger partial charge >= 0.3 is 0 Å². The Morgan fingerprint density at radius 2 is 2.25 bits per heavy atom. The monoisotopic (exact) mass is 135 g/mol. The summed E-state index contributed by atoms with van der Waals surface area (Å²) in [4.78, 5) is 0. The summed E-state index contributed by atoms with van der Waals surface area (Å²) >= 11 is 1.48. The molecule has 0 bridgehead atoms. The van der Waals surface area contributed by atoms with E-state index in [9.17, 15) is 0 Å². The van der Waals surface area contributed by atoms with Crippen molar-refractivity contribution < 1.29 is 4.18 Å². The first-order chi connectivity index (χ1) is 3.77. The van der Waals surface area contributed by atoms with Crippen molar-refractivity contribution in [2.24, 2.45) is 5.73 Å². The Labute approximate surface area is 55.0 Å². The molecule has 0 fully saturated rings. The van der Waals surface area contributed by atoms with Crippen LogP contribution >= 0.6 is 12.0 Å². The van der Waals surface area contributed by atoms with E-state index in [0.29, 0.717) is 18.4 Å². The first kappa shape index (κ1) is 8.27. The minimum atomic E-state index is 0.543. The lowest BCUT2D eigenvalue weighted by Gasteiger charge is -2.01. The van der Waals surface area contributed by atoms with Gasteiger partial charge < -0.3 is 9.92 Å². The first-order valence-electron chi connectivity index (χ1n) is 2.75. The Kier molecular flexibility index (Phi) is 5.59. The van der Waals surface area contributed by atoms with Gasteiger partial charge in [0.1, 0.15) is 0 Å². The normalized spacial score (nSPS) is 10.5. The smallest absolute Gasteiger partial charge is 0.0736 e. The van der Waals surface area contributed by atoms with Crippen LogP contribution < -0.4 is 5.73 Å². The molecule has 0 unspecified atom stereocenters. The van der Waals surface area contributed by atoms with Gasteiger partial charge in [-0.15, -0.1) is 0 Å². The summed E-state index contributed by atoms with van der Waals surface area (Å²) in [5.41, 5.74) is 5.18.